The van der Waals surface area contributed by atoms with E-state index in [1.165, 1.54) is 0 Å². The van der Waals surface area contributed by atoms with Gasteiger partial charge >= 0.3 is 0 Å². The Morgan fingerprint density at radius 1 is 1.47 bits per heavy atom. The third kappa shape index (κ3) is 3.69. The number of amides is 1. The van der Waals surface area contributed by atoms with Crippen LogP contribution in [0.3, 0.4) is 0 Å². The molecule has 0 atom stereocenters. The summed E-state index contributed by atoms with van der Waals surface area (Å²) in [6.45, 7) is 3.49. The summed E-state index contributed by atoms with van der Waals surface area (Å²) in [5.74, 6) is 1.16. The third-order valence-corrected chi connectivity index (χ3v) is 2.58. The second-order valence-electron chi connectivity index (χ2n) is 3.99. The van der Waals surface area contributed by atoms with Crippen molar-refractivity contribution in [2.75, 3.05) is 11.9 Å². The first-order valence-corrected chi connectivity index (χ1v) is 6.00. The molecule has 1 aromatic carbocycles. The van der Waals surface area contributed by atoms with Crippen molar-refractivity contribution in [3.8, 4) is 5.75 Å². The van der Waals surface area contributed by atoms with Crippen LogP contribution in [0.15, 0.2) is 18.2 Å². The smallest absolute Gasteiger partial charge is 0.264 e. The van der Waals surface area contributed by atoms with Gasteiger partial charge in [0.05, 0.1) is 0 Å². The Hall–Kier alpha value is -2.08. The molecule has 0 fully saturated rings. The zero-order chi connectivity index (χ0) is 13.8. The molecular formula is C12H13ClN4O2. The number of benzene rings is 1. The number of nitrogens with zero attached hydrogens (tertiary/aromatic N) is 2. The zero-order valence-electron chi connectivity index (χ0n) is 10.5. The number of rotatable bonds is 4. The lowest BCUT2D eigenvalue weighted by atomic mass is 10.2. The molecule has 0 aliphatic carbocycles. The van der Waals surface area contributed by atoms with E-state index in [4.69, 9.17) is 16.3 Å². The molecule has 6 nitrogen and oxygen atoms in total. The molecule has 0 saturated heterocycles. The van der Waals surface area contributed by atoms with Crippen LogP contribution in [0.25, 0.3) is 0 Å². The summed E-state index contributed by atoms with van der Waals surface area (Å²) in [5, 5.41) is 9.58. The van der Waals surface area contributed by atoms with E-state index in [1.807, 2.05) is 6.92 Å². The molecule has 2 aromatic rings. The number of aromatic nitrogens is 3. The molecular weight excluding hydrogens is 268 g/mol. The summed E-state index contributed by atoms with van der Waals surface area (Å²) < 4.78 is 5.40. The van der Waals surface area contributed by atoms with Crippen LogP contribution in [-0.4, -0.2) is 27.7 Å². The number of aryl methyl sites for hydroxylation is 2. The molecule has 0 saturated carbocycles. The second kappa shape index (κ2) is 5.71. The van der Waals surface area contributed by atoms with Gasteiger partial charge in [0.1, 0.15) is 11.6 Å². The van der Waals surface area contributed by atoms with Gasteiger partial charge in [-0.2, -0.15) is 4.98 Å². The summed E-state index contributed by atoms with van der Waals surface area (Å²) in [4.78, 5) is 15.6. The molecule has 0 aliphatic heterocycles. The molecule has 1 aromatic heterocycles. The molecule has 0 bridgehead atoms. The number of hydrogen-bond acceptors (Lipinski definition) is 4. The van der Waals surface area contributed by atoms with Crippen molar-refractivity contribution in [2.45, 2.75) is 13.8 Å². The van der Waals surface area contributed by atoms with Gasteiger partial charge in [-0.1, -0.05) is 11.6 Å². The van der Waals surface area contributed by atoms with E-state index in [0.717, 1.165) is 5.56 Å². The van der Waals surface area contributed by atoms with E-state index < -0.39 is 0 Å². The van der Waals surface area contributed by atoms with E-state index in [9.17, 15) is 4.79 Å². The van der Waals surface area contributed by atoms with E-state index in [-0.39, 0.29) is 18.5 Å². The minimum Gasteiger partial charge on any atom is -0.483 e. The first kappa shape index (κ1) is 13.4. The zero-order valence-corrected chi connectivity index (χ0v) is 11.3. The number of H-pyrrole nitrogens is 1. The van der Waals surface area contributed by atoms with E-state index >= 15 is 0 Å². The highest BCUT2D eigenvalue weighted by Gasteiger charge is 2.08. The number of hydrogen-bond donors (Lipinski definition) is 2. The molecule has 0 radical (unpaired) electrons. The highest BCUT2D eigenvalue weighted by Crippen LogP contribution is 2.21. The lowest BCUT2D eigenvalue weighted by molar-refractivity contribution is -0.118. The number of ether oxygens (including phenoxy) is 1. The number of nitrogens with one attached hydrogen (secondary N) is 2. The lowest BCUT2D eigenvalue weighted by Crippen LogP contribution is -2.21. The Balaban J connectivity index is 1.89. The normalized spacial score (nSPS) is 10.3. The Bertz CT molecular complexity index is 597. The first-order chi connectivity index (χ1) is 9.04. The van der Waals surface area contributed by atoms with Crippen LogP contribution in [-0.2, 0) is 4.79 Å². The van der Waals surface area contributed by atoms with Gasteiger partial charge in [0.15, 0.2) is 6.61 Å². The van der Waals surface area contributed by atoms with Crippen molar-refractivity contribution in [1.82, 2.24) is 15.2 Å². The van der Waals surface area contributed by atoms with Gasteiger partial charge in [-0.05, 0) is 37.6 Å². The molecule has 7 heteroatoms. The minimum absolute atomic E-state index is 0.115. The van der Waals surface area contributed by atoms with E-state index in [1.54, 1.807) is 25.1 Å². The summed E-state index contributed by atoms with van der Waals surface area (Å²) in [6, 6.07) is 5.20. The Morgan fingerprint density at radius 3 is 2.89 bits per heavy atom. The fourth-order valence-corrected chi connectivity index (χ4v) is 1.70. The average molecular weight is 281 g/mol. The van der Waals surface area contributed by atoms with Gasteiger partial charge in [-0.3, -0.25) is 15.2 Å². The number of halogens is 1. The predicted molar refractivity (Wildman–Crippen MR) is 71.4 cm³/mol. The maximum Gasteiger partial charge on any atom is 0.264 e. The Labute approximate surface area is 115 Å². The van der Waals surface area contributed by atoms with Crippen molar-refractivity contribution < 1.29 is 9.53 Å². The van der Waals surface area contributed by atoms with Gasteiger partial charge in [-0.15, -0.1) is 5.10 Å². The van der Waals surface area contributed by atoms with Crippen molar-refractivity contribution in [3.63, 3.8) is 0 Å². The molecule has 1 heterocycles. The summed E-state index contributed by atoms with van der Waals surface area (Å²) in [5.41, 5.74) is 0.869. The van der Waals surface area contributed by atoms with Crippen LogP contribution in [0, 0.1) is 13.8 Å². The molecule has 1 amide bonds. The van der Waals surface area contributed by atoms with Gasteiger partial charge in [-0.25, -0.2) is 0 Å². The molecule has 0 aliphatic rings. The quantitative estimate of drug-likeness (QED) is 0.899. The van der Waals surface area contributed by atoms with Gasteiger partial charge in [0.25, 0.3) is 5.91 Å². The summed E-state index contributed by atoms with van der Waals surface area (Å²) in [6.07, 6.45) is 0. The molecule has 19 heavy (non-hydrogen) atoms. The maximum absolute atomic E-state index is 11.6. The van der Waals surface area contributed by atoms with Crippen LogP contribution >= 0.6 is 11.6 Å². The minimum atomic E-state index is -0.326. The van der Waals surface area contributed by atoms with Crippen molar-refractivity contribution >= 4 is 23.5 Å². The maximum atomic E-state index is 11.6. The Morgan fingerprint density at radius 2 is 2.26 bits per heavy atom. The molecule has 2 N–H and O–H groups in total. The molecule has 2 rings (SSSR count). The first-order valence-electron chi connectivity index (χ1n) is 5.62. The van der Waals surface area contributed by atoms with Crippen molar-refractivity contribution in [1.29, 1.82) is 0 Å². The Kier molecular flexibility index (Phi) is 4.01. The van der Waals surface area contributed by atoms with E-state index in [2.05, 4.69) is 20.5 Å². The highest BCUT2D eigenvalue weighted by atomic mass is 35.5. The monoisotopic (exact) mass is 280 g/mol. The van der Waals surface area contributed by atoms with Crippen LogP contribution in [0.5, 0.6) is 5.75 Å². The summed E-state index contributed by atoms with van der Waals surface area (Å²) >= 11 is 5.83. The molecule has 100 valence electrons. The number of anilines is 1. The average Bonchev–Trinajstić information content (AvgIpc) is 2.73. The van der Waals surface area contributed by atoms with E-state index in [0.29, 0.717) is 16.6 Å². The number of carbonyl (C=O) groups is 1. The SMILES string of the molecule is Cc1nc(NC(=O)COc2ccc(Cl)cc2C)n[nH]1. The molecule has 0 spiro atoms. The third-order valence-electron chi connectivity index (χ3n) is 2.34. The lowest BCUT2D eigenvalue weighted by Gasteiger charge is -2.08. The fraction of sp³-hybridized carbons (Fsp3) is 0.250. The van der Waals surface area contributed by atoms with Gasteiger partial charge < -0.3 is 4.74 Å². The van der Waals surface area contributed by atoms with Crippen LogP contribution in [0.1, 0.15) is 11.4 Å². The van der Waals surface area contributed by atoms with Crippen molar-refractivity contribution in [3.05, 3.63) is 34.6 Å². The topological polar surface area (TPSA) is 79.9 Å². The largest absolute Gasteiger partial charge is 0.483 e. The number of carbonyl (C=O) groups excluding carboxylic acids is 1. The fourth-order valence-electron chi connectivity index (χ4n) is 1.48. The van der Waals surface area contributed by atoms with Crippen LogP contribution < -0.4 is 10.1 Å². The van der Waals surface area contributed by atoms with Crippen molar-refractivity contribution in [2.24, 2.45) is 0 Å². The van der Waals surface area contributed by atoms with Gasteiger partial charge in [0.2, 0.25) is 5.95 Å². The summed E-state index contributed by atoms with van der Waals surface area (Å²) in [7, 11) is 0. The molecule has 0 unspecified atom stereocenters. The van der Waals surface area contributed by atoms with Crippen LogP contribution in [0.2, 0.25) is 5.02 Å². The number of aromatic amines is 1. The van der Waals surface area contributed by atoms with Gasteiger partial charge in [0, 0.05) is 5.02 Å². The standard InChI is InChI=1S/C12H13ClN4O2/c1-7-5-9(13)3-4-10(7)19-6-11(18)15-12-14-8(2)16-17-12/h3-5H,6H2,1-2H3,(H2,14,15,16,17,18). The predicted octanol–water partition coefficient (Wildman–Crippen LogP) is 2.09. The second-order valence-corrected chi connectivity index (χ2v) is 4.43. The highest BCUT2D eigenvalue weighted by molar-refractivity contribution is 6.30. The van der Waals surface area contributed by atoms with Crippen LogP contribution in [0.4, 0.5) is 5.95 Å².